The normalized spacial score (nSPS) is 17.1. The molecule has 160 valence electrons. The van der Waals surface area contributed by atoms with Gasteiger partial charge in [0.1, 0.15) is 11.9 Å². The third-order valence-electron chi connectivity index (χ3n) is 4.36. The average Bonchev–Trinajstić information content (AvgIpc) is 3.26. The number of anilines is 2. The minimum Gasteiger partial charge on any atom is -0.326 e. The molecule has 2 amide bonds. The number of nitrogens with one attached hydrogen (secondary N) is 2. The van der Waals surface area contributed by atoms with Crippen molar-refractivity contribution >= 4 is 62.2 Å². The molecule has 2 N–H and O–H groups in total. The molecule has 1 aliphatic heterocycles. The van der Waals surface area contributed by atoms with Crippen LogP contribution in [0.3, 0.4) is 0 Å². The van der Waals surface area contributed by atoms with Gasteiger partial charge in [0.05, 0.1) is 10.0 Å². The lowest BCUT2D eigenvalue weighted by Gasteiger charge is -2.18. The summed E-state index contributed by atoms with van der Waals surface area (Å²) in [6.07, 6.45) is 1.84. The van der Waals surface area contributed by atoms with E-state index in [2.05, 4.69) is 10.0 Å². The second-order valence-corrected chi connectivity index (χ2v) is 9.85. The van der Waals surface area contributed by atoms with Gasteiger partial charge in [0.15, 0.2) is 0 Å². The molecule has 0 bridgehead atoms. The summed E-state index contributed by atoms with van der Waals surface area (Å²) >= 11 is 7.03. The molecule has 0 radical (unpaired) electrons. The van der Waals surface area contributed by atoms with Crippen molar-refractivity contribution in [3.63, 3.8) is 0 Å². The summed E-state index contributed by atoms with van der Waals surface area (Å²) in [5, 5.41) is 3.51. The number of hydrogen-bond acceptors (Lipinski definition) is 5. The zero-order valence-electron chi connectivity index (χ0n) is 15.9. The van der Waals surface area contributed by atoms with Gasteiger partial charge >= 0.3 is 0 Å². The van der Waals surface area contributed by atoms with E-state index >= 15 is 0 Å². The molecule has 1 fully saturated rings. The molecule has 3 rings (SSSR count). The lowest BCUT2D eigenvalue weighted by Crippen LogP contribution is -2.40. The molecule has 1 aliphatic rings. The quantitative estimate of drug-likeness (QED) is 0.645. The van der Waals surface area contributed by atoms with E-state index in [1.54, 1.807) is 19.1 Å². The highest BCUT2D eigenvalue weighted by atomic mass is 35.5. The molecular formula is C19H19ClFN3O4S2. The summed E-state index contributed by atoms with van der Waals surface area (Å²) < 4.78 is 41.9. The molecule has 7 nitrogen and oxygen atoms in total. The molecule has 0 spiro atoms. The Labute approximate surface area is 182 Å². The summed E-state index contributed by atoms with van der Waals surface area (Å²) in [7, 11) is -3.88. The first-order valence-corrected chi connectivity index (χ1v) is 11.8. The predicted octanol–water partition coefficient (Wildman–Crippen LogP) is 3.58. The Morgan fingerprint density at radius 1 is 1.37 bits per heavy atom. The minimum absolute atomic E-state index is 0.0277. The van der Waals surface area contributed by atoms with Crippen LogP contribution in [0.4, 0.5) is 15.8 Å². The number of amides is 2. The van der Waals surface area contributed by atoms with Crippen molar-refractivity contribution < 1.29 is 22.4 Å². The summed E-state index contributed by atoms with van der Waals surface area (Å²) in [5.41, 5.74) is 0.311. The van der Waals surface area contributed by atoms with E-state index in [9.17, 15) is 22.4 Å². The number of benzene rings is 1. The molecule has 0 saturated carbocycles. The molecule has 11 heteroatoms. The van der Waals surface area contributed by atoms with Gasteiger partial charge in [-0.15, -0.1) is 11.3 Å². The third kappa shape index (κ3) is 5.45. The molecule has 1 aromatic carbocycles. The first-order chi connectivity index (χ1) is 14.2. The second-order valence-electron chi connectivity index (χ2n) is 6.51. The van der Waals surface area contributed by atoms with Crippen molar-refractivity contribution in [2.75, 3.05) is 16.8 Å². The molecule has 0 aliphatic carbocycles. The fourth-order valence-electron chi connectivity index (χ4n) is 2.89. The van der Waals surface area contributed by atoms with Gasteiger partial charge in [0.2, 0.25) is 21.8 Å². The maximum Gasteiger partial charge on any atom is 0.245 e. The van der Waals surface area contributed by atoms with E-state index in [4.69, 9.17) is 11.6 Å². The van der Waals surface area contributed by atoms with Crippen molar-refractivity contribution in [1.82, 2.24) is 4.72 Å². The Morgan fingerprint density at radius 2 is 2.13 bits per heavy atom. The highest BCUT2D eigenvalue weighted by molar-refractivity contribution is 7.92. The van der Waals surface area contributed by atoms with E-state index in [1.165, 1.54) is 34.4 Å². The minimum atomic E-state index is -3.88. The van der Waals surface area contributed by atoms with Crippen LogP contribution in [-0.2, 0) is 19.6 Å². The van der Waals surface area contributed by atoms with Crippen molar-refractivity contribution in [1.29, 1.82) is 0 Å². The fourth-order valence-corrected chi connectivity index (χ4v) is 4.96. The number of sulfonamides is 1. The molecule has 2 heterocycles. The monoisotopic (exact) mass is 471 g/mol. The van der Waals surface area contributed by atoms with E-state index in [1.807, 2.05) is 0 Å². The van der Waals surface area contributed by atoms with Crippen LogP contribution in [0, 0.1) is 5.82 Å². The molecule has 1 atom stereocenters. The summed E-state index contributed by atoms with van der Waals surface area (Å²) in [6.45, 7) is 1.84. The smallest absolute Gasteiger partial charge is 0.245 e. The Morgan fingerprint density at radius 3 is 2.77 bits per heavy atom. The highest BCUT2D eigenvalue weighted by Crippen LogP contribution is 2.28. The van der Waals surface area contributed by atoms with Gasteiger partial charge < -0.3 is 10.2 Å². The summed E-state index contributed by atoms with van der Waals surface area (Å²) in [4.78, 5) is 25.9. The predicted molar refractivity (Wildman–Crippen MR) is 116 cm³/mol. The summed E-state index contributed by atoms with van der Waals surface area (Å²) in [5.74, 6) is -1.49. The zero-order chi connectivity index (χ0) is 21.9. The van der Waals surface area contributed by atoms with Gasteiger partial charge in [-0.3, -0.25) is 9.59 Å². The number of nitrogens with zero attached hydrogens (tertiary/aromatic N) is 1. The molecule has 1 aromatic heterocycles. The first kappa shape index (κ1) is 22.4. The van der Waals surface area contributed by atoms with Crippen molar-refractivity contribution in [2.45, 2.75) is 25.8 Å². The fraction of sp³-hybridized carbons (Fsp3) is 0.263. The Bertz CT molecular complexity index is 1100. The van der Waals surface area contributed by atoms with Crippen LogP contribution in [0.1, 0.15) is 24.6 Å². The first-order valence-electron chi connectivity index (χ1n) is 9.05. The third-order valence-corrected chi connectivity index (χ3v) is 6.66. The van der Waals surface area contributed by atoms with Crippen LogP contribution in [0.5, 0.6) is 0 Å². The van der Waals surface area contributed by atoms with Crippen LogP contribution in [0.2, 0.25) is 4.34 Å². The van der Waals surface area contributed by atoms with Crippen LogP contribution >= 0.6 is 22.9 Å². The van der Waals surface area contributed by atoms with Gasteiger partial charge in [-0.1, -0.05) is 18.5 Å². The number of hydrogen-bond donors (Lipinski definition) is 2. The van der Waals surface area contributed by atoms with Gasteiger partial charge in [-0.05, 0) is 42.8 Å². The van der Waals surface area contributed by atoms with Crippen molar-refractivity contribution in [3.05, 3.63) is 50.8 Å². The number of halogens is 2. The lowest BCUT2D eigenvalue weighted by molar-refractivity contribution is -0.118. The summed E-state index contributed by atoms with van der Waals surface area (Å²) in [6, 6.07) is 6.34. The zero-order valence-corrected chi connectivity index (χ0v) is 18.3. The van der Waals surface area contributed by atoms with Gasteiger partial charge in [0, 0.05) is 28.9 Å². The van der Waals surface area contributed by atoms with Crippen LogP contribution in [0.25, 0.3) is 6.08 Å². The number of rotatable bonds is 7. The molecule has 30 heavy (non-hydrogen) atoms. The highest BCUT2D eigenvalue weighted by Gasteiger charge is 2.35. The number of carbonyl (C=O) groups excluding carboxylic acids is 2. The average molecular weight is 472 g/mol. The SMILES string of the molecule is CCC(=O)Nc1ccc(N2CC[C@H](NS(=O)(=O)/C=C/c3ccc(Cl)s3)C2=O)c(F)c1. The Balaban J connectivity index is 1.68. The Kier molecular flexibility index (Phi) is 6.91. The molecule has 0 unspecified atom stereocenters. The molecule has 1 saturated heterocycles. The van der Waals surface area contributed by atoms with Gasteiger partial charge in [-0.2, -0.15) is 4.72 Å². The lowest BCUT2D eigenvalue weighted by atomic mass is 10.2. The van der Waals surface area contributed by atoms with Crippen LogP contribution in [0.15, 0.2) is 35.7 Å². The van der Waals surface area contributed by atoms with E-state index in [0.717, 1.165) is 11.5 Å². The standard InChI is InChI=1S/C19H19ClFN3O4S2/c1-2-18(25)22-12-3-5-16(14(21)11-12)24-9-7-15(19(24)26)23-30(27,28)10-8-13-4-6-17(20)29-13/h3-6,8,10-11,15,23H,2,7,9H2,1H3,(H,22,25)/b10-8+/t15-/m0/s1. The number of thiophene rings is 1. The van der Waals surface area contributed by atoms with E-state index in [-0.39, 0.29) is 36.7 Å². The van der Waals surface area contributed by atoms with Crippen molar-refractivity contribution in [2.24, 2.45) is 0 Å². The topological polar surface area (TPSA) is 95.6 Å². The van der Waals surface area contributed by atoms with Gasteiger partial charge in [-0.25, -0.2) is 12.8 Å². The second kappa shape index (κ2) is 9.25. The Hall–Kier alpha value is -2.27. The number of carbonyl (C=O) groups is 2. The molecule has 2 aromatic rings. The van der Waals surface area contributed by atoms with Crippen LogP contribution in [-0.4, -0.2) is 32.8 Å². The maximum atomic E-state index is 14.5. The largest absolute Gasteiger partial charge is 0.326 e. The maximum absolute atomic E-state index is 14.5. The molecular weight excluding hydrogens is 453 g/mol. The van der Waals surface area contributed by atoms with Crippen LogP contribution < -0.4 is 14.9 Å². The van der Waals surface area contributed by atoms with E-state index in [0.29, 0.717) is 9.21 Å². The van der Waals surface area contributed by atoms with E-state index < -0.39 is 27.8 Å². The van der Waals surface area contributed by atoms with Gasteiger partial charge in [0.25, 0.3) is 0 Å². The van der Waals surface area contributed by atoms with Crippen molar-refractivity contribution in [3.8, 4) is 0 Å².